The molecule has 0 bridgehead atoms. The van der Waals surface area contributed by atoms with E-state index >= 15 is 0 Å². The molecule has 0 N–H and O–H groups in total. The standard InChI is InChI=1S/C35H42O7S2/c1-25-16-19-29(20-17-25)44(36,37)42-43(30-14-10-12-26(22-30)38-8,31-15-11-13-27(23-31)39-9)33-21-18-28(40-34(2,3)4)24-32(33)41-35(5,6)7/h10-24H,1-9H3. The van der Waals surface area contributed by atoms with Gasteiger partial charge in [-0.05, 0) is 119 Å². The van der Waals surface area contributed by atoms with Crippen LogP contribution in [-0.2, 0) is 13.7 Å². The molecule has 4 aromatic carbocycles. The smallest absolute Gasteiger partial charge is 0.307 e. The Kier molecular flexibility index (Phi) is 9.63. The van der Waals surface area contributed by atoms with Gasteiger partial charge in [0.25, 0.3) is 0 Å². The number of hydrogen-bond acceptors (Lipinski definition) is 7. The van der Waals surface area contributed by atoms with E-state index in [0.29, 0.717) is 37.7 Å². The molecule has 0 saturated carbocycles. The Morgan fingerprint density at radius 2 is 1.09 bits per heavy atom. The van der Waals surface area contributed by atoms with Crippen LogP contribution in [0.25, 0.3) is 0 Å². The fraction of sp³-hybridized carbons (Fsp3) is 0.314. The molecular weight excluding hydrogens is 597 g/mol. The summed E-state index contributed by atoms with van der Waals surface area (Å²) in [6, 6.07) is 26.6. The second-order valence-electron chi connectivity index (χ2n) is 12.3. The van der Waals surface area contributed by atoms with E-state index in [9.17, 15) is 8.42 Å². The van der Waals surface area contributed by atoms with E-state index in [0.717, 1.165) is 5.56 Å². The Hall–Kier alpha value is -3.66. The minimum Gasteiger partial charge on any atom is -0.497 e. The first-order valence-electron chi connectivity index (χ1n) is 14.2. The zero-order chi connectivity index (χ0) is 32.3. The molecule has 0 saturated heterocycles. The molecule has 0 aromatic heterocycles. The van der Waals surface area contributed by atoms with Gasteiger partial charge in [-0.3, -0.25) is 0 Å². The molecule has 0 aliphatic carbocycles. The maximum Gasteiger partial charge on any atom is 0.307 e. The van der Waals surface area contributed by atoms with Crippen LogP contribution in [0.4, 0.5) is 0 Å². The van der Waals surface area contributed by atoms with E-state index in [1.807, 2.05) is 84.9 Å². The number of methoxy groups -OCH3 is 2. The van der Waals surface area contributed by atoms with Gasteiger partial charge in [-0.2, -0.15) is 8.42 Å². The molecule has 0 unspecified atom stereocenters. The topological polar surface area (TPSA) is 80.3 Å². The van der Waals surface area contributed by atoms with Gasteiger partial charge in [0, 0.05) is 15.9 Å². The number of hydrogen-bond donors (Lipinski definition) is 0. The Morgan fingerprint density at radius 1 is 0.568 bits per heavy atom. The summed E-state index contributed by atoms with van der Waals surface area (Å²) in [5.74, 6) is 2.10. The predicted octanol–water partition coefficient (Wildman–Crippen LogP) is 8.97. The van der Waals surface area contributed by atoms with Crippen molar-refractivity contribution in [2.75, 3.05) is 14.2 Å². The van der Waals surface area contributed by atoms with Crippen molar-refractivity contribution in [3.63, 3.8) is 0 Å². The molecule has 0 heterocycles. The van der Waals surface area contributed by atoms with Crippen LogP contribution in [0.5, 0.6) is 23.0 Å². The second-order valence-corrected chi connectivity index (χ2v) is 16.7. The van der Waals surface area contributed by atoms with E-state index in [1.54, 1.807) is 68.8 Å². The zero-order valence-corrected chi connectivity index (χ0v) is 28.5. The van der Waals surface area contributed by atoms with E-state index in [2.05, 4.69) is 0 Å². The summed E-state index contributed by atoms with van der Waals surface area (Å²) in [5, 5.41) is 0. The lowest BCUT2D eigenvalue weighted by molar-refractivity contribution is 0.118. The van der Waals surface area contributed by atoms with E-state index in [4.69, 9.17) is 22.6 Å². The van der Waals surface area contributed by atoms with Gasteiger partial charge < -0.3 is 18.9 Å². The quantitative estimate of drug-likeness (QED) is 0.172. The molecule has 0 radical (unpaired) electrons. The molecule has 0 fully saturated rings. The van der Waals surface area contributed by atoms with Crippen molar-refractivity contribution in [2.45, 2.75) is 79.3 Å². The highest BCUT2D eigenvalue weighted by Crippen LogP contribution is 2.73. The number of benzene rings is 4. The number of aryl methyl sites for hydroxylation is 1. The molecule has 7 nitrogen and oxygen atoms in total. The third kappa shape index (κ3) is 7.70. The highest BCUT2D eigenvalue weighted by Gasteiger charge is 2.42. The predicted molar refractivity (Wildman–Crippen MR) is 175 cm³/mol. The van der Waals surface area contributed by atoms with Gasteiger partial charge in [-0.25, -0.2) is 3.63 Å². The Labute approximate surface area is 263 Å². The van der Waals surface area contributed by atoms with Gasteiger partial charge in [-0.15, -0.1) is 0 Å². The van der Waals surface area contributed by atoms with E-state index in [-0.39, 0.29) is 4.90 Å². The van der Waals surface area contributed by atoms with Crippen molar-refractivity contribution >= 4 is 20.4 Å². The van der Waals surface area contributed by atoms with Gasteiger partial charge in [0.15, 0.2) is 0 Å². The van der Waals surface area contributed by atoms with Crippen LogP contribution in [0.3, 0.4) is 0 Å². The van der Waals surface area contributed by atoms with Gasteiger partial charge >= 0.3 is 10.1 Å². The summed E-state index contributed by atoms with van der Waals surface area (Å²) in [4.78, 5) is 1.75. The summed E-state index contributed by atoms with van der Waals surface area (Å²) in [5.41, 5.74) is -0.188. The summed E-state index contributed by atoms with van der Waals surface area (Å²) >= 11 is 0. The number of ether oxygens (including phenoxy) is 4. The van der Waals surface area contributed by atoms with E-state index < -0.39 is 31.6 Å². The zero-order valence-electron chi connectivity index (χ0n) is 26.8. The van der Waals surface area contributed by atoms with Gasteiger partial charge in [-0.1, -0.05) is 29.8 Å². The largest absolute Gasteiger partial charge is 0.497 e. The van der Waals surface area contributed by atoms with Crippen molar-refractivity contribution in [2.24, 2.45) is 0 Å². The van der Waals surface area contributed by atoms with Crippen LogP contribution >= 0.6 is 10.3 Å². The molecule has 236 valence electrons. The first kappa shape index (κ1) is 33.2. The first-order valence-corrected chi connectivity index (χ1v) is 17.2. The number of rotatable bonds is 10. The average Bonchev–Trinajstić information content (AvgIpc) is 2.95. The lowest BCUT2D eigenvalue weighted by Gasteiger charge is -2.41. The molecule has 4 rings (SSSR count). The van der Waals surface area contributed by atoms with Crippen molar-refractivity contribution in [1.82, 2.24) is 0 Å². The third-order valence-electron chi connectivity index (χ3n) is 6.31. The summed E-state index contributed by atoms with van der Waals surface area (Å²) in [6.45, 7) is 13.6. The summed E-state index contributed by atoms with van der Waals surface area (Å²) in [6.07, 6.45) is 0. The summed E-state index contributed by atoms with van der Waals surface area (Å²) in [7, 11) is -4.32. The van der Waals surface area contributed by atoms with Crippen molar-refractivity contribution in [1.29, 1.82) is 0 Å². The monoisotopic (exact) mass is 638 g/mol. The minimum absolute atomic E-state index is 0.0387. The molecule has 44 heavy (non-hydrogen) atoms. The average molecular weight is 639 g/mol. The van der Waals surface area contributed by atoms with Crippen LogP contribution in [0, 0.1) is 6.92 Å². The van der Waals surface area contributed by atoms with Crippen LogP contribution < -0.4 is 18.9 Å². The Balaban J connectivity index is 2.15. The third-order valence-corrected chi connectivity index (χ3v) is 11.5. The van der Waals surface area contributed by atoms with Crippen molar-refractivity contribution < 1.29 is 31.0 Å². The van der Waals surface area contributed by atoms with Crippen molar-refractivity contribution in [3.8, 4) is 23.0 Å². The van der Waals surface area contributed by atoms with Gasteiger partial charge in [0.1, 0.15) is 34.2 Å². The highest BCUT2D eigenvalue weighted by atomic mass is 32.3. The van der Waals surface area contributed by atoms with Crippen LogP contribution in [0.1, 0.15) is 47.1 Å². The first-order chi connectivity index (χ1) is 20.6. The Morgan fingerprint density at radius 3 is 1.57 bits per heavy atom. The SMILES string of the molecule is COc1cccc(S(OS(=O)(=O)c2ccc(C)cc2)(c2cccc(OC)c2)c2ccc(OC(C)(C)C)cc2OC(C)(C)C)c1. The molecule has 4 aromatic rings. The second kappa shape index (κ2) is 12.8. The van der Waals surface area contributed by atoms with E-state index in [1.165, 1.54) is 0 Å². The molecule has 0 aliphatic rings. The summed E-state index contributed by atoms with van der Waals surface area (Å²) < 4.78 is 59.3. The van der Waals surface area contributed by atoms with Crippen molar-refractivity contribution in [3.05, 3.63) is 96.6 Å². The fourth-order valence-corrected chi connectivity index (χ4v) is 9.80. The molecular formula is C35H42O7S2. The molecule has 0 amide bonds. The van der Waals surface area contributed by atoms with Gasteiger partial charge in [0.05, 0.1) is 24.0 Å². The van der Waals surface area contributed by atoms with Crippen LogP contribution in [-0.4, -0.2) is 33.8 Å². The Bertz CT molecular complexity index is 1650. The molecule has 0 spiro atoms. The molecule has 0 atom stereocenters. The minimum atomic E-state index is -4.35. The highest BCUT2D eigenvalue weighted by molar-refractivity contribution is 8.33. The fourth-order valence-electron chi connectivity index (χ4n) is 4.50. The van der Waals surface area contributed by atoms with Crippen LogP contribution in [0.2, 0.25) is 0 Å². The van der Waals surface area contributed by atoms with Crippen LogP contribution in [0.15, 0.2) is 111 Å². The normalized spacial score (nSPS) is 12.8. The molecule has 0 aliphatic heterocycles. The lowest BCUT2D eigenvalue weighted by atomic mass is 10.2. The maximum atomic E-state index is 14.3. The lowest BCUT2D eigenvalue weighted by Crippen LogP contribution is -2.25. The molecule has 9 heteroatoms. The van der Waals surface area contributed by atoms with Gasteiger partial charge in [0.2, 0.25) is 0 Å². The maximum absolute atomic E-state index is 14.3.